The summed E-state index contributed by atoms with van der Waals surface area (Å²) in [6.45, 7) is 2.78. The normalized spacial score (nSPS) is 10.4. The molecule has 1 N–H and O–H groups in total. The van der Waals surface area contributed by atoms with Crippen LogP contribution in [0.2, 0.25) is 0 Å². The van der Waals surface area contributed by atoms with Gasteiger partial charge in [-0.1, -0.05) is 6.92 Å². The molecule has 0 atom stereocenters. The Balaban J connectivity index is 2.48. The molecule has 0 spiro atoms. The van der Waals surface area contributed by atoms with Crippen LogP contribution < -0.4 is 5.32 Å². The standard InChI is InChI=1S/C12H12BrN3O3/c1-2-6-14-10-4-3-9(16(17)18)11(15-10)12-8(13)5-7-19-12/h3-5,7H,2,6H2,1H3,(H,14,15). The molecule has 0 aliphatic carbocycles. The summed E-state index contributed by atoms with van der Waals surface area (Å²) in [6, 6.07) is 4.69. The molecule has 0 fully saturated rings. The summed E-state index contributed by atoms with van der Waals surface area (Å²) in [7, 11) is 0. The zero-order valence-electron chi connectivity index (χ0n) is 10.2. The molecule has 0 radical (unpaired) electrons. The molecule has 0 saturated carbocycles. The maximum atomic E-state index is 11.0. The summed E-state index contributed by atoms with van der Waals surface area (Å²) in [6.07, 6.45) is 2.40. The molecule has 2 aromatic heterocycles. The van der Waals surface area contributed by atoms with Gasteiger partial charge in [0.1, 0.15) is 5.82 Å². The van der Waals surface area contributed by atoms with Crippen molar-refractivity contribution in [1.82, 2.24) is 4.98 Å². The molecule has 0 saturated heterocycles. The van der Waals surface area contributed by atoms with E-state index < -0.39 is 4.92 Å². The number of rotatable bonds is 5. The third-order valence-corrected chi connectivity index (χ3v) is 3.08. The summed E-state index contributed by atoms with van der Waals surface area (Å²) in [4.78, 5) is 14.8. The number of anilines is 1. The fourth-order valence-electron chi connectivity index (χ4n) is 1.58. The number of nitrogens with one attached hydrogen (secondary N) is 1. The largest absolute Gasteiger partial charge is 0.461 e. The highest BCUT2D eigenvalue weighted by Gasteiger charge is 2.22. The van der Waals surface area contributed by atoms with Crippen molar-refractivity contribution in [2.75, 3.05) is 11.9 Å². The van der Waals surface area contributed by atoms with Crippen LogP contribution in [0.15, 0.2) is 33.4 Å². The summed E-state index contributed by atoms with van der Waals surface area (Å²) >= 11 is 3.29. The maximum Gasteiger partial charge on any atom is 0.298 e. The van der Waals surface area contributed by atoms with Crippen LogP contribution >= 0.6 is 15.9 Å². The van der Waals surface area contributed by atoms with Gasteiger partial charge in [0.05, 0.1) is 15.7 Å². The monoisotopic (exact) mass is 325 g/mol. The predicted octanol–water partition coefficient (Wildman–Crippen LogP) is 3.83. The molecule has 2 rings (SSSR count). The van der Waals surface area contributed by atoms with E-state index in [9.17, 15) is 10.1 Å². The molecule has 2 aromatic rings. The lowest BCUT2D eigenvalue weighted by atomic mass is 10.2. The Morgan fingerprint density at radius 1 is 1.47 bits per heavy atom. The second-order valence-corrected chi connectivity index (χ2v) is 4.70. The van der Waals surface area contributed by atoms with Crippen molar-refractivity contribution in [3.63, 3.8) is 0 Å². The van der Waals surface area contributed by atoms with Crippen molar-refractivity contribution in [2.24, 2.45) is 0 Å². The van der Waals surface area contributed by atoms with E-state index in [1.165, 1.54) is 12.3 Å². The molecule has 2 heterocycles. The van der Waals surface area contributed by atoms with Crippen LogP contribution in [0.1, 0.15) is 13.3 Å². The molecule has 0 aliphatic heterocycles. The molecule has 6 nitrogen and oxygen atoms in total. The smallest absolute Gasteiger partial charge is 0.298 e. The zero-order valence-corrected chi connectivity index (χ0v) is 11.8. The lowest BCUT2D eigenvalue weighted by Crippen LogP contribution is -2.03. The van der Waals surface area contributed by atoms with Crippen LogP contribution in [0, 0.1) is 10.1 Å². The van der Waals surface area contributed by atoms with E-state index in [1.807, 2.05) is 6.92 Å². The van der Waals surface area contributed by atoms with Gasteiger partial charge in [-0.25, -0.2) is 4.98 Å². The van der Waals surface area contributed by atoms with Gasteiger partial charge in [0.25, 0.3) is 5.69 Å². The van der Waals surface area contributed by atoms with Gasteiger partial charge in [-0.2, -0.15) is 0 Å². The topological polar surface area (TPSA) is 81.2 Å². The quantitative estimate of drug-likeness (QED) is 0.667. The SMILES string of the molecule is CCCNc1ccc([N+](=O)[O-])c(-c2occc2Br)n1. The van der Waals surface area contributed by atoms with Crippen LogP contribution in [0.3, 0.4) is 0 Å². The number of hydrogen-bond acceptors (Lipinski definition) is 5. The molecule has 7 heteroatoms. The van der Waals surface area contributed by atoms with Crippen molar-refractivity contribution < 1.29 is 9.34 Å². The third kappa shape index (κ3) is 2.93. The molecule has 0 aromatic carbocycles. The summed E-state index contributed by atoms with van der Waals surface area (Å²) in [5, 5.41) is 14.1. The maximum absolute atomic E-state index is 11.0. The van der Waals surface area contributed by atoms with Gasteiger partial charge in [-0.15, -0.1) is 0 Å². The highest BCUT2D eigenvalue weighted by molar-refractivity contribution is 9.10. The van der Waals surface area contributed by atoms with Gasteiger partial charge in [-0.05, 0) is 34.5 Å². The van der Waals surface area contributed by atoms with Gasteiger partial charge in [-0.3, -0.25) is 10.1 Å². The highest BCUT2D eigenvalue weighted by atomic mass is 79.9. The molecular formula is C12H12BrN3O3. The Bertz CT molecular complexity index is 598. The fourth-order valence-corrected chi connectivity index (χ4v) is 1.97. The molecule has 0 unspecified atom stereocenters. The Morgan fingerprint density at radius 2 is 2.26 bits per heavy atom. The fraction of sp³-hybridized carbons (Fsp3) is 0.250. The summed E-state index contributed by atoms with van der Waals surface area (Å²) < 4.78 is 5.89. The van der Waals surface area contributed by atoms with Gasteiger partial charge in [0, 0.05) is 12.6 Å². The van der Waals surface area contributed by atoms with E-state index in [0.29, 0.717) is 16.1 Å². The first-order valence-corrected chi connectivity index (χ1v) is 6.55. The molecular weight excluding hydrogens is 314 g/mol. The molecule has 19 heavy (non-hydrogen) atoms. The molecule has 100 valence electrons. The minimum absolute atomic E-state index is 0.0855. The number of furan rings is 1. The van der Waals surface area contributed by atoms with Crippen LogP contribution in [-0.2, 0) is 0 Å². The number of hydrogen-bond donors (Lipinski definition) is 1. The van der Waals surface area contributed by atoms with E-state index in [0.717, 1.165) is 13.0 Å². The Kier molecular flexibility index (Phi) is 4.16. The minimum atomic E-state index is -0.471. The lowest BCUT2D eigenvalue weighted by Gasteiger charge is -2.06. The van der Waals surface area contributed by atoms with E-state index in [1.54, 1.807) is 12.1 Å². The van der Waals surface area contributed by atoms with E-state index in [2.05, 4.69) is 26.2 Å². The van der Waals surface area contributed by atoms with Crippen molar-refractivity contribution >= 4 is 27.4 Å². The van der Waals surface area contributed by atoms with Crippen LogP contribution in [-0.4, -0.2) is 16.5 Å². The van der Waals surface area contributed by atoms with Crippen LogP contribution in [0.4, 0.5) is 11.5 Å². The van der Waals surface area contributed by atoms with E-state index >= 15 is 0 Å². The number of halogens is 1. The first kappa shape index (κ1) is 13.5. The summed E-state index contributed by atoms with van der Waals surface area (Å²) in [5.41, 5.74) is 0.126. The van der Waals surface area contributed by atoms with Crippen molar-refractivity contribution in [1.29, 1.82) is 0 Å². The molecule has 0 bridgehead atoms. The van der Waals surface area contributed by atoms with Crippen molar-refractivity contribution in [2.45, 2.75) is 13.3 Å². The zero-order chi connectivity index (χ0) is 13.8. The lowest BCUT2D eigenvalue weighted by molar-refractivity contribution is -0.384. The third-order valence-electron chi connectivity index (χ3n) is 2.46. The van der Waals surface area contributed by atoms with Gasteiger partial charge >= 0.3 is 0 Å². The Labute approximate surface area is 118 Å². The van der Waals surface area contributed by atoms with Crippen LogP contribution in [0.5, 0.6) is 0 Å². The predicted molar refractivity (Wildman–Crippen MR) is 75.1 cm³/mol. The number of aromatic nitrogens is 1. The highest BCUT2D eigenvalue weighted by Crippen LogP contribution is 2.34. The van der Waals surface area contributed by atoms with E-state index in [4.69, 9.17) is 4.42 Å². The van der Waals surface area contributed by atoms with Crippen molar-refractivity contribution in [3.8, 4) is 11.5 Å². The second kappa shape index (κ2) is 5.83. The average molecular weight is 326 g/mol. The first-order valence-electron chi connectivity index (χ1n) is 5.76. The second-order valence-electron chi connectivity index (χ2n) is 3.85. The number of nitro groups is 1. The van der Waals surface area contributed by atoms with Gasteiger partial charge < -0.3 is 9.73 Å². The van der Waals surface area contributed by atoms with E-state index in [-0.39, 0.29) is 11.4 Å². The first-order chi connectivity index (χ1) is 9.13. The summed E-state index contributed by atoms with van der Waals surface area (Å²) in [5.74, 6) is 0.942. The Hall–Kier alpha value is -1.89. The van der Waals surface area contributed by atoms with Gasteiger partial charge in [0.2, 0.25) is 0 Å². The molecule has 0 aliphatic rings. The number of pyridine rings is 1. The van der Waals surface area contributed by atoms with Crippen LogP contribution in [0.25, 0.3) is 11.5 Å². The average Bonchev–Trinajstić information content (AvgIpc) is 2.82. The van der Waals surface area contributed by atoms with Crippen molar-refractivity contribution in [3.05, 3.63) is 39.0 Å². The Morgan fingerprint density at radius 3 is 2.84 bits per heavy atom. The minimum Gasteiger partial charge on any atom is -0.461 e. The van der Waals surface area contributed by atoms with Gasteiger partial charge in [0.15, 0.2) is 11.5 Å². The number of nitrogens with zero attached hydrogens (tertiary/aromatic N) is 2. The molecule has 0 amide bonds.